The number of carbonyl (C=O) groups excluding carboxylic acids is 1. The molecule has 0 amide bonds. The zero-order valence-corrected chi connectivity index (χ0v) is 14.4. The first-order valence-electron chi connectivity index (χ1n) is 7.85. The molecule has 0 unspecified atom stereocenters. The third-order valence-corrected chi connectivity index (χ3v) is 4.12. The van der Waals surface area contributed by atoms with Gasteiger partial charge in [-0.05, 0) is 56.6 Å². The van der Waals surface area contributed by atoms with Gasteiger partial charge in [0.2, 0.25) is 0 Å². The van der Waals surface area contributed by atoms with Crippen molar-refractivity contribution in [3.8, 4) is 0 Å². The summed E-state index contributed by atoms with van der Waals surface area (Å²) < 4.78 is 0. The second-order valence-corrected chi connectivity index (χ2v) is 6.74. The van der Waals surface area contributed by atoms with Crippen LogP contribution in [0.4, 0.5) is 0 Å². The lowest BCUT2D eigenvalue weighted by Gasteiger charge is -2.32. The maximum absolute atomic E-state index is 10.4. The van der Waals surface area contributed by atoms with Gasteiger partial charge in [0, 0.05) is 6.08 Å². The number of rotatable bonds is 5. The molecular weight excluding hydrogens is 272 g/mol. The third kappa shape index (κ3) is 5.88. The smallest absolute Gasteiger partial charge is 0.242 e. The summed E-state index contributed by atoms with van der Waals surface area (Å²) in [4.78, 5) is 10.4. The SMILES string of the molecule is CC(C=CC1=C(C)CCCC1(C)C)=CC=C/C(C)=C/C([O])=O. The molecule has 0 aromatic rings. The van der Waals surface area contributed by atoms with Crippen LogP contribution in [0.2, 0.25) is 0 Å². The van der Waals surface area contributed by atoms with E-state index in [4.69, 9.17) is 0 Å². The van der Waals surface area contributed by atoms with Crippen LogP contribution in [-0.4, -0.2) is 5.97 Å². The van der Waals surface area contributed by atoms with E-state index in [1.165, 1.54) is 30.4 Å². The molecule has 0 aromatic carbocycles. The largest absolute Gasteiger partial charge is 0.379 e. The van der Waals surface area contributed by atoms with E-state index in [2.05, 4.69) is 32.9 Å². The fourth-order valence-corrected chi connectivity index (χ4v) is 2.87. The highest BCUT2D eigenvalue weighted by Gasteiger charge is 2.26. The first-order chi connectivity index (χ1) is 10.2. The third-order valence-electron chi connectivity index (χ3n) is 4.12. The molecule has 0 spiro atoms. The summed E-state index contributed by atoms with van der Waals surface area (Å²) in [6.07, 6.45) is 14.8. The molecule has 0 saturated heterocycles. The van der Waals surface area contributed by atoms with E-state index in [-0.39, 0.29) is 5.41 Å². The molecule has 0 atom stereocenters. The Morgan fingerprint density at radius 3 is 2.41 bits per heavy atom. The van der Waals surface area contributed by atoms with E-state index < -0.39 is 5.97 Å². The van der Waals surface area contributed by atoms with Gasteiger partial charge in [0.25, 0.3) is 0 Å². The number of hydrogen-bond acceptors (Lipinski definition) is 1. The summed E-state index contributed by atoms with van der Waals surface area (Å²) in [5.41, 5.74) is 4.99. The van der Waals surface area contributed by atoms with Gasteiger partial charge in [-0.1, -0.05) is 55.4 Å². The quantitative estimate of drug-likeness (QED) is 0.489. The average molecular weight is 299 g/mol. The number of hydrogen-bond donors (Lipinski definition) is 0. The average Bonchev–Trinajstić information content (AvgIpc) is 2.36. The Bertz CT molecular complexity index is 567. The van der Waals surface area contributed by atoms with Crippen molar-refractivity contribution < 1.29 is 9.90 Å². The summed E-state index contributed by atoms with van der Waals surface area (Å²) >= 11 is 0. The minimum absolute atomic E-state index is 0.253. The van der Waals surface area contributed by atoms with Crippen LogP contribution in [0.25, 0.3) is 0 Å². The Balaban J connectivity index is 2.79. The Morgan fingerprint density at radius 1 is 1.14 bits per heavy atom. The van der Waals surface area contributed by atoms with E-state index >= 15 is 0 Å². The van der Waals surface area contributed by atoms with Crippen molar-refractivity contribution in [3.05, 3.63) is 58.7 Å². The Hall–Kier alpha value is -1.83. The first-order valence-corrected chi connectivity index (χ1v) is 7.85. The molecular formula is C20H27O2. The molecule has 1 aliphatic rings. The topological polar surface area (TPSA) is 37.0 Å². The molecule has 2 heteroatoms. The fourth-order valence-electron chi connectivity index (χ4n) is 2.87. The maximum Gasteiger partial charge on any atom is 0.379 e. The normalized spacial score (nSPS) is 20.2. The number of carbonyl (C=O) groups is 1. The second kappa shape index (κ2) is 7.98. The summed E-state index contributed by atoms with van der Waals surface area (Å²) in [7, 11) is 0. The van der Waals surface area contributed by atoms with Gasteiger partial charge >= 0.3 is 5.97 Å². The lowest BCUT2D eigenvalue weighted by Crippen LogP contribution is -2.19. The molecule has 22 heavy (non-hydrogen) atoms. The van der Waals surface area contributed by atoms with Gasteiger partial charge < -0.3 is 0 Å². The summed E-state index contributed by atoms with van der Waals surface area (Å²) in [6.45, 7) is 10.6. The molecule has 2 nitrogen and oxygen atoms in total. The van der Waals surface area contributed by atoms with Crippen LogP contribution in [0.3, 0.4) is 0 Å². The molecule has 1 radical (unpaired) electrons. The molecule has 0 fully saturated rings. The van der Waals surface area contributed by atoms with Crippen molar-refractivity contribution in [2.75, 3.05) is 0 Å². The minimum Gasteiger partial charge on any atom is -0.242 e. The highest BCUT2D eigenvalue weighted by Crippen LogP contribution is 2.40. The van der Waals surface area contributed by atoms with Crippen molar-refractivity contribution in [2.45, 2.75) is 53.9 Å². The lowest BCUT2D eigenvalue weighted by molar-refractivity contribution is -0.137. The molecule has 0 saturated carbocycles. The van der Waals surface area contributed by atoms with Gasteiger partial charge in [-0.25, -0.2) is 9.90 Å². The molecule has 0 N–H and O–H groups in total. The lowest BCUT2D eigenvalue weighted by atomic mass is 9.72. The van der Waals surface area contributed by atoms with Gasteiger partial charge in [0.05, 0.1) is 0 Å². The Labute approximate surface area is 134 Å². The van der Waals surface area contributed by atoms with Gasteiger partial charge in [-0.2, -0.15) is 0 Å². The van der Waals surface area contributed by atoms with Gasteiger partial charge in [0.1, 0.15) is 0 Å². The maximum atomic E-state index is 10.4. The van der Waals surface area contributed by atoms with E-state index in [0.717, 1.165) is 11.6 Å². The van der Waals surface area contributed by atoms with Crippen LogP contribution < -0.4 is 0 Å². The van der Waals surface area contributed by atoms with E-state index in [0.29, 0.717) is 5.57 Å². The zero-order chi connectivity index (χ0) is 16.8. The van der Waals surface area contributed by atoms with Crippen molar-refractivity contribution in [1.82, 2.24) is 0 Å². The molecule has 119 valence electrons. The van der Waals surface area contributed by atoms with E-state index in [1.807, 2.05) is 19.1 Å². The van der Waals surface area contributed by atoms with Crippen molar-refractivity contribution in [2.24, 2.45) is 5.41 Å². The minimum atomic E-state index is -1.16. The predicted octanol–water partition coefficient (Wildman–Crippen LogP) is 5.48. The highest BCUT2D eigenvalue weighted by molar-refractivity contribution is 5.80. The van der Waals surface area contributed by atoms with Crippen LogP contribution >= 0.6 is 0 Å². The van der Waals surface area contributed by atoms with Crippen molar-refractivity contribution in [1.29, 1.82) is 0 Å². The molecule has 1 aliphatic carbocycles. The standard InChI is InChI=1S/C20H27O2/c1-15(8-6-9-16(2)14-19(21)22)11-12-18-17(3)10-7-13-20(18,4)5/h6,8-9,11-12,14H,7,10,13H2,1-5H3/b9-6?,12-11?,15-8?,16-14+. The van der Waals surface area contributed by atoms with Gasteiger partial charge in [-0.3, -0.25) is 0 Å². The number of allylic oxidation sites excluding steroid dienone is 9. The molecule has 0 heterocycles. The second-order valence-electron chi connectivity index (χ2n) is 6.74. The van der Waals surface area contributed by atoms with Crippen LogP contribution in [0, 0.1) is 5.41 Å². The van der Waals surface area contributed by atoms with Crippen molar-refractivity contribution >= 4 is 5.97 Å². The van der Waals surface area contributed by atoms with Gasteiger partial charge in [0.15, 0.2) is 0 Å². The Kier molecular flexibility index (Phi) is 6.61. The van der Waals surface area contributed by atoms with Crippen LogP contribution in [0.1, 0.15) is 53.9 Å². The molecule has 0 aliphatic heterocycles. The molecule has 0 aromatic heterocycles. The van der Waals surface area contributed by atoms with Gasteiger partial charge in [-0.15, -0.1) is 0 Å². The van der Waals surface area contributed by atoms with E-state index in [9.17, 15) is 9.90 Å². The summed E-state index contributed by atoms with van der Waals surface area (Å²) in [6, 6.07) is 0. The molecule has 0 bridgehead atoms. The summed E-state index contributed by atoms with van der Waals surface area (Å²) in [5, 5.41) is 10.4. The predicted molar refractivity (Wildman–Crippen MR) is 91.8 cm³/mol. The molecule has 1 rings (SSSR count). The Morgan fingerprint density at radius 2 is 1.82 bits per heavy atom. The first kappa shape index (κ1) is 18.2. The monoisotopic (exact) mass is 299 g/mol. The fraction of sp³-hybridized carbons (Fsp3) is 0.450. The van der Waals surface area contributed by atoms with Crippen LogP contribution in [-0.2, 0) is 9.90 Å². The highest BCUT2D eigenvalue weighted by atomic mass is 16.4. The van der Waals surface area contributed by atoms with Crippen LogP contribution in [0.15, 0.2) is 58.7 Å². The zero-order valence-electron chi connectivity index (χ0n) is 14.4. The summed E-state index contributed by atoms with van der Waals surface area (Å²) in [5.74, 6) is -1.16. The van der Waals surface area contributed by atoms with Crippen molar-refractivity contribution in [3.63, 3.8) is 0 Å². The van der Waals surface area contributed by atoms with E-state index in [1.54, 1.807) is 13.0 Å². The van der Waals surface area contributed by atoms with Crippen LogP contribution in [0.5, 0.6) is 0 Å².